The molecule has 1 unspecified atom stereocenters. The van der Waals surface area contributed by atoms with Crippen LogP contribution in [-0.2, 0) is 4.79 Å². The summed E-state index contributed by atoms with van der Waals surface area (Å²) in [6.45, 7) is 13.5. The van der Waals surface area contributed by atoms with Crippen LogP contribution in [0.1, 0.15) is 47.6 Å². The first-order valence-corrected chi connectivity index (χ1v) is 6.51. The van der Waals surface area contributed by atoms with Gasteiger partial charge in [-0.25, -0.2) is 9.79 Å². The molecule has 98 valence electrons. The topological polar surface area (TPSA) is 29.4 Å². The van der Waals surface area contributed by atoms with Gasteiger partial charge in [0, 0.05) is 5.92 Å². The second-order valence-corrected chi connectivity index (χ2v) is 5.46. The van der Waals surface area contributed by atoms with Crippen LogP contribution < -0.4 is 0 Å². The zero-order chi connectivity index (χ0) is 13.9. The number of nitrogens with zero attached hydrogens (tertiary/aromatic N) is 1. The zero-order valence-electron chi connectivity index (χ0n) is 12.3. The predicted molar refractivity (Wildman–Crippen MR) is 76.0 cm³/mol. The van der Waals surface area contributed by atoms with Crippen molar-refractivity contribution in [2.75, 3.05) is 6.54 Å². The lowest BCUT2D eigenvalue weighted by atomic mass is 9.80. The van der Waals surface area contributed by atoms with E-state index in [0.717, 1.165) is 0 Å². The van der Waals surface area contributed by atoms with Gasteiger partial charge in [0.2, 0.25) is 6.08 Å². The molecule has 1 rings (SSSR count). The lowest BCUT2D eigenvalue weighted by molar-refractivity contribution is 0.498. The first-order valence-electron chi connectivity index (χ1n) is 6.51. The molecule has 18 heavy (non-hydrogen) atoms. The molecule has 0 heterocycles. The number of aryl methyl sites for hydroxylation is 2. The van der Waals surface area contributed by atoms with Crippen molar-refractivity contribution in [1.82, 2.24) is 0 Å². The van der Waals surface area contributed by atoms with E-state index in [1.807, 2.05) is 0 Å². The molecule has 0 saturated heterocycles. The normalized spacial score (nSPS) is 12.4. The van der Waals surface area contributed by atoms with Crippen LogP contribution in [0.3, 0.4) is 0 Å². The summed E-state index contributed by atoms with van der Waals surface area (Å²) in [6, 6.07) is 2.23. The molecule has 0 aliphatic rings. The van der Waals surface area contributed by atoms with Crippen LogP contribution in [0.2, 0.25) is 0 Å². The van der Waals surface area contributed by atoms with Crippen LogP contribution in [0.5, 0.6) is 0 Å². The zero-order valence-corrected chi connectivity index (χ0v) is 12.3. The van der Waals surface area contributed by atoms with Gasteiger partial charge in [-0.2, -0.15) is 0 Å². The second-order valence-electron chi connectivity index (χ2n) is 5.46. The van der Waals surface area contributed by atoms with Crippen LogP contribution in [0, 0.1) is 33.6 Å². The lowest BCUT2D eigenvalue weighted by Gasteiger charge is -2.25. The summed E-state index contributed by atoms with van der Waals surface area (Å²) in [7, 11) is 0. The Balaban J connectivity index is 3.39. The lowest BCUT2D eigenvalue weighted by Crippen LogP contribution is -2.15. The van der Waals surface area contributed by atoms with E-state index < -0.39 is 0 Å². The fraction of sp³-hybridized carbons (Fsp3) is 0.562. The van der Waals surface area contributed by atoms with Crippen LogP contribution in [0.25, 0.3) is 0 Å². The Morgan fingerprint density at radius 2 is 1.61 bits per heavy atom. The van der Waals surface area contributed by atoms with Crippen molar-refractivity contribution in [1.29, 1.82) is 0 Å². The van der Waals surface area contributed by atoms with Gasteiger partial charge in [0.1, 0.15) is 0 Å². The molecule has 0 aromatic heterocycles. The van der Waals surface area contributed by atoms with E-state index >= 15 is 0 Å². The highest BCUT2D eigenvalue weighted by atomic mass is 16.1. The first kappa shape index (κ1) is 14.7. The van der Waals surface area contributed by atoms with Gasteiger partial charge in [-0.15, -0.1) is 0 Å². The summed E-state index contributed by atoms with van der Waals surface area (Å²) in [5.41, 5.74) is 6.65. The van der Waals surface area contributed by atoms with Crippen molar-refractivity contribution in [2.45, 2.75) is 47.5 Å². The molecule has 0 fully saturated rings. The molecule has 2 heteroatoms. The number of isocyanates is 1. The van der Waals surface area contributed by atoms with E-state index in [4.69, 9.17) is 0 Å². The number of carbonyl (C=O) groups excluding carboxylic acids is 1. The molecule has 1 atom stereocenters. The van der Waals surface area contributed by atoms with E-state index in [9.17, 15) is 4.79 Å². The minimum absolute atomic E-state index is 0.296. The van der Waals surface area contributed by atoms with Crippen LogP contribution in [0.15, 0.2) is 11.1 Å². The quantitative estimate of drug-likeness (QED) is 0.582. The maximum atomic E-state index is 10.4. The van der Waals surface area contributed by atoms with Gasteiger partial charge in [-0.1, -0.05) is 19.9 Å². The van der Waals surface area contributed by atoms with E-state index in [0.29, 0.717) is 18.4 Å². The molecule has 2 nitrogen and oxygen atoms in total. The smallest absolute Gasteiger partial charge is 0.211 e. The van der Waals surface area contributed by atoms with Crippen molar-refractivity contribution in [3.05, 3.63) is 33.9 Å². The Morgan fingerprint density at radius 1 is 1.11 bits per heavy atom. The third-order valence-corrected chi connectivity index (χ3v) is 3.95. The highest BCUT2D eigenvalue weighted by Gasteiger charge is 2.21. The van der Waals surface area contributed by atoms with Crippen molar-refractivity contribution in [3.8, 4) is 0 Å². The molecule has 1 aromatic rings. The van der Waals surface area contributed by atoms with Gasteiger partial charge in [0.05, 0.1) is 6.54 Å². The highest BCUT2D eigenvalue weighted by Crippen LogP contribution is 2.33. The van der Waals surface area contributed by atoms with Crippen LogP contribution in [0.4, 0.5) is 0 Å². The van der Waals surface area contributed by atoms with Gasteiger partial charge < -0.3 is 0 Å². The van der Waals surface area contributed by atoms with Crippen molar-refractivity contribution < 1.29 is 4.79 Å². The summed E-state index contributed by atoms with van der Waals surface area (Å²) in [4.78, 5) is 14.2. The van der Waals surface area contributed by atoms with Gasteiger partial charge in [0.15, 0.2) is 0 Å². The number of hydrogen-bond donors (Lipinski definition) is 0. The van der Waals surface area contributed by atoms with E-state index in [-0.39, 0.29) is 0 Å². The largest absolute Gasteiger partial charge is 0.234 e. The maximum absolute atomic E-state index is 10.4. The second kappa shape index (κ2) is 5.97. The standard InChI is InChI=1S/C16H23NO/c1-10(2)15(8-17-9-18)16-13(5)11(3)7-12(4)14(16)6/h7,10,15H,8H2,1-6H3. The molecule has 0 amide bonds. The third kappa shape index (κ3) is 2.88. The Hall–Kier alpha value is -1.40. The summed E-state index contributed by atoms with van der Waals surface area (Å²) >= 11 is 0. The fourth-order valence-electron chi connectivity index (χ4n) is 2.57. The Kier molecular flexibility index (Phi) is 4.86. The van der Waals surface area contributed by atoms with Gasteiger partial charge in [-0.05, 0) is 61.4 Å². The molecule has 0 aliphatic heterocycles. The minimum Gasteiger partial charge on any atom is -0.211 e. The molecular weight excluding hydrogens is 222 g/mol. The Labute approximate surface area is 110 Å². The average molecular weight is 245 g/mol. The molecule has 0 N–H and O–H groups in total. The summed E-state index contributed by atoms with van der Waals surface area (Å²) < 4.78 is 0. The number of aliphatic imine (C=N–C) groups is 1. The van der Waals surface area contributed by atoms with Crippen molar-refractivity contribution in [3.63, 3.8) is 0 Å². The summed E-state index contributed by atoms with van der Waals surface area (Å²) in [5, 5.41) is 0. The average Bonchev–Trinajstić information content (AvgIpc) is 2.30. The van der Waals surface area contributed by atoms with E-state index in [1.165, 1.54) is 27.8 Å². The van der Waals surface area contributed by atoms with Gasteiger partial charge >= 0.3 is 0 Å². The fourth-order valence-corrected chi connectivity index (χ4v) is 2.57. The summed E-state index contributed by atoms with van der Waals surface area (Å²) in [6.07, 6.45) is 1.67. The monoisotopic (exact) mass is 245 g/mol. The summed E-state index contributed by atoms with van der Waals surface area (Å²) in [5.74, 6) is 0.755. The molecule has 0 aliphatic carbocycles. The Morgan fingerprint density at radius 3 is 2.00 bits per heavy atom. The Bertz CT molecular complexity index is 456. The number of rotatable bonds is 4. The number of hydrogen-bond acceptors (Lipinski definition) is 2. The molecule has 0 radical (unpaired) electrons. The van der Waals surface area contributed by atoms with Crippen molar-refractivity contribution >= 4 is 6.08 Å². The highest BCUT2D eigenvalue weighted by molar-refractivity contribution is 5.46. The minimum atomic E-state index is 0.296. The van der Waals surface area contributed by atoms with Gasteiger partial charge in [-0.3, -0.25) is 0 Å². The molecule has 0 saturated carbocycles. The van der Waals surface area contributed by atoms with Crippen LogP contribution in [-0.4, -0.2) is 12.6 Å². The number of benzene rings is 1. The molecule has 1 aromatic carbocycles. The molecular formula is C16H23NO. The van der Waals surface area contributed by atoms with Crippen molar-refractivity contribution in [2.24, 2.45) is 10.9 Å². The molecule has 0 bridgehead atoms. The predicted octanol–water partition coefficient (Wildman–Crippen LogP) is 4.00. The van der Waals surface area contributed by atoms with E-state index in [1.54, 1.807) is 6.08 Å². The molecule has 0 spiro atoms. The van der Waals surface area contributed by atoms with Gasteiger partial charge in [0.25, 0.3) is 0 Å². The van der Waals surface area contributed by atoms with E-state index in [2.05, 4.69) is 52.6 Å². The van der Waals surface area contributed by atoms with Crippen LogP contribution >= 0.6 is 0 Å². The third-order valence-electron chi connectivity index (χ3n) is 3.95. The maximum Gasteiger partial charge on any atom is 0.234 e. The first-order chi connectivity index (χ1) is 8.40. The SMILES string of the molecule is Cc1cc(C)c(C)c(C(CN=C=O)C(C)C)c1C.